The van der Waals surface area contributed by atoms with E-state index in [9.17, 15) is 0 Å². The lowest BCUT2D eigenvalue weighted by Crippen LogP contribution is -2.38. The standard InChI is InChI=1S/C19H23N3S/c1-2-7-20-17(6-1)19-22-13(11-23-19)10-21-18-9-12-8-16(18)15-5-3-4-14(12)15/h1-2,6-7,11-12,14-16,18,21H,3-5,8-10H2. The minimum atomic E-state index is 0.736. The normalized spacial score (nSPS) is 34.9. The van der Waals surface area contributed by atoms with Crippen molar-refractivity contribution in [2.24, 2.45) is 23.7 Å². The molecular formula is C19H23N3S. The van der Waals surface area contributed by atoms with Gasteiger partial charge in [-0.25, -0.2) is 4.98 Å². The van der Waals surface area contributed by atoms with Gasteiger partial charge in [-0.2, -0.15) is 0 Å². The van der Waals surface area contributed by atoms with E-state index in [1.54, 1.807) is 11.3 Å². The van der Waals surface area contributed by atoms with Crippen LogP contribution in [0.1, 0.15) is 37.8 Å². The number of fused-ring (bicyclic) bond motifs is 5. The molecule has 3 nitrogen and oxygen atoms in total. The summed E-state index contributed by atoms with van der Waals surface area (Å²) < 4.78 is 0. The first-order chi connectivity index (χ1) is 11.4. The molecule has 3 aliphatic carbocycles. The van der Waals surface area contributed by atoms with Crippen molar-refractivity contribution in [3.05, 3.63) is 35.5 Å². The number of aromatic nitrogens is 2. The summed E-state index contributed by atoms with van der Waals surface area (Å²) in [5.41, 5.74) is 2.15. The van der Waals surface area contributed by atoms with Crippen LogP contribution in [0.15, 0.2) is 29.8 Å². The molecule has 4 heteroatoms. The number of nitrogens with zero attached hydrogens (tertiary/aromatic N) is 2. The predicted molar refractivity (Wildman–Crippen MR) is 93.0 cm³/mol. The summed E-state index contributed by atoms with van der Waals surface area (Å²) in [6.45, 7) is 0.911. The molecule has 0 radical (unpaired) electrons. The van der Waals surface area contributed by atoms with Crippen molar-refractivity contribution in [2.75, 3.05) is 0 Å². The van der Waals surface area contributed by atoms with E-state index in [-0.39, 0.29) is 0 Å². The lowest BCUT2D eigenvalue weighted by atomic mass is 9.79. The highest BCUT2D eigenvalue weighted by molar-refractivity contribution is 7.13. The molecule has 5 atom stereocenters. The maximum atomic E-state index is 4.76. The third-order valence-corrected chi connectivity index (χ3v) is 7.32. The minimum Gasteiger partial charge on any atom is -0.308 e. The van der Waals surface area contributed by atoms with Crippen molar-refractivity contribution in [1.82, 2.24) is 15.3 Å². The first-order valence-corrected chi connectivity index (χ1v) is 9.85. The largest absolute Gasteiger partial charge is 0.308 e. The number of hydrogen-bond donors (Lipinski definition) is 1. The molecule has 3 saturated carbocycles. The van der Waals surface area contributed by atoms with Gasteiger partial charge in [0.25, 0.3) is 0 Å². The molecule has 23 heavy (non-hydrogen) atoms. The maximum absolute atomic E-state index is 4.76. The molecule has 0 aliphatic heterocycles. The van der Waals surface area contributed by atoms with Crippen LogP contribution < -0.4 is 5.32 Å². The summed E-state index contributed by atoms with van der Waals surface area (Å²) in [5.74, 6) is 4.07. The fourth-order valence-corrected chi connectivity index (χ4v) is 6.33. The van der Waals surface area contributed by atoms with Crippen LogP contribution in [-0.2, 0) is 6.54 Å². The average Bonchev–Trinajstić information content (AvgIpc) is 3.34. The van der Waals surface area contributed by atoms with Crippen molar-refractivity contribution < 1.29 is 0 Å². The van der Waals surface area contributed by atoms with E-state index in [1.165, 1.54) is 37.8 Å². The molecule has 5 rings (SSSR count). The Morgan fingerprint density at radius 1 is 1.13 bits per heavy atom. The van der Waals surface area contributed by atoms with Gasteiger partial charge in [-0.05, 0) is 61.5 Å². The van der Waals surface area contributed by atoms with Crippen LogP contribution in [0.3, 0.4) is 0 Å². The molecule has 2 aromatic heterocycles. The SMILES string of the molecule is c1ccc(-c2nc(CNC3CC4CC3C3CCCC43)cs2)nc1. The van der Waals surface area contributed by atoms with Gasteiger partial charge in [0.2, 0.25) is 0 Å². The van der Waals surface area contributed by atoms with Crippen molar-refractivity contribution in [2.45, 2.75) is 44.7 Å². The Balaban J connectivity index is 1.23. The lowest BCUT2D eigenvalue weighted by Gasteiger charge is -2.32. The Bertz CT molecular complexity index is 683. The van der Waals surface area contributed by atoms with Gasteiger partial charge < -0.3 is 5.32 Å². The van der Waals surface area contributed by atoms with E-state index < -0.39 is 0 Å². The fraction of sp³-hybridized carbons (Fsp3) is 0.579. The second-order valence-corrected chi connectivity index (χ2v) is 8.36. The van der Waals surface area contributed by atoms with Gasteiger partial charge in [0.05, 0.1) is 11.4 Å². The molecule has 5 unspecified atom stereocenters. The number of hydrogen-bond acceptors (Lipinski definition) is 4. The van der Waals surface area contributed by atoms with Gasteiger partial charge in [0.1, 0.15) is 5.01 Å². The zero-order valence-corrected chi connectivity index (χ0v) is 14.1. The smallest absolute Gasteiger partial charge is 0.142 e. The number of nitrogens with one attached hydrogen (secondary N) is 1. The van der Waals surface area contributed by atoms with Crippen molar-refractivity contribution in [3.8, 4) is 10.7 Å². The molecule has 0 saturated heterocycles. The van der Waals surface area contributed by atoms with E-state index in [0.29, 0.717) is 0 Å². The molecule has 0 amide bonds. The molecule has 0 aromatic carbocycles. The lowest BCUT2D eigenvalue weighted by molar-refractivity contribution is 0.207. The molecule has 2 bridgehead atoms. The van der Waals surface area contributed by atoms with E-state index in [1.807, 2.05) is 24.4 Å². The molecule has 2 heterocycles. The maximum Gasteiger partial charge on any atom is 0.142 e. The highest BCUT2D eigenvalue weighted by Gasteiger charge is 2.53. The highest BCUT2D eigenvalue weighted by atomic mass is 32.1. The third-order valence-electron chi connectivity index (χ3n) is 6.41. The Morgan fingerprint density at radius 3 is 3.00 bits per heavy atom. The molecule has 3 aliphatic rings. The predicted octanol–water partition coefficient (Wildman–Crippen LogP) is 4.12. The van der Waals surface area contributed by atoms with Crippen LogP contribution in [-0.4, -0.2) is 16.0 Å². The van der Waals surface area contributed by atoms with Crippen molar-refractivity contribution in [1.29, 1.82) is 0 Å². The van der Waals surface area contributed by atoms with Gasteiger partial charge >= 0.3 is 0 Å². The van der Waals surface area contributed by atoms with Gasteiger partial charge in [-0.3, -0.25) is 4.98 Å². The molecule has 0 spiro atoms. The monoisotopic (exact) mass is 325 g/mol. The number of thiazole rings is 1. The Labute approximate surface area is 141 Å². The quantitative estimate of drug-likeness (QED) is 0.919. The Kier molecular flexibility index (Phi) is 3.48. The number of pyridine rings is 1. The second kappa shape index (κ2) is 5.67. The zero-order chi connectivity index (χ0) is 15.2. The first-order valence-electron chi connectivity index (χ1n) is 8.97. The van der Waals surface area contributed by atoms with Gasteiger partial charge in [0, 0.05) is 24.2 Å². The van der Waals surface area contributed by atoms with Crippen LogP contribution in [0.25, 0.3) is 10.7 Å². The van der Waals surface area contributed by atoms with Gasteiger partial charge in [-0.1, -0.05) is 12.5 Å². The van der Waals surface area contributed by atoms with Crippen LogP contribution in [0.5, 0.6) is 0 Å². The summed E-state index contributed by atoms with van der Waals surface area (Å²) in [5, 5.41) is 7.05. The number of rotatable bonds is 4. The summed E-state index contributed by atoms with van der Waals surface area (Å²) in [7, 11) is 0. The van der Waals surface area contributed by atoms with E-state index in [2.05, 4.69) is 15.7 Å². The molecule has 3 fully saturated rings. The third kappa shape index (κ3) is 2.43. The molecule has 1 N–H and O–H groups in total. The zero-order valence-electron chi connectivity index (χ0n) is 13.3. The topological polar surface area (TPSA) is 37.8 Å². The first kappa shape index (κ1) is 14.1. The molecule has 120 valence electrons. The van der Waals surface area contributed by atoms with Crippen molar-refractivity contribution in [3.63, 3.8) is 0 Å². The van der Waals surface area contributed by atoms with Gasteiger partial charge in [0.15, 0.2) is 0 Å². The van der Waals surface area contributed by atoms with Crippen LogP contribution in [0, 0.1) is 23.7 Å². The molecule has 2 aromatic rings. The van der Waals surface area contributed by atoms with Crippen LogP contribution in [0.4, 0.5) is 0 Å². The minimum absolute atomic E-state index is 0.736. The van der Waals surface area contributed by atoms with E-state index >= 15 is 0 Å². The van der Waals surface area contributed by atoms with E-state index in [0.717, 1.165) is 47.0 Å². The van der Waals surface area contributed by atoms with Crippen molar-refractivity contribution >= 4 is 11.3 Å². The molecular weight excluding hydrogens is 302 g/mol. The van der Waals surface area contributed by atoms with Gasteiger partial charge in [-0.15, -0.1) is 11.3 Å². The summed E-state index contributed by atoms with van der Waals surface area (Å²) in [4.78, 5) is 9.16. The Morgan fingerprint density at radius 2 is 2.09 bits per heavy atom. The van der Waals surface area contributed by atoms with Crippen LogP contribution >= 0.6 is 11.3 Å². The average molecular weight is 325 g/mol. The second-order valence-electron chi connectivity index (χ2n) is 7.50. The Hall–Kier alpha value is -1.26. The fourth-order valence-electron chi connectivity index (χ4n) is 5.53. The van der Waals surface area contributed by atoms with Crippen LogP contribution in [0.2, 0.25) is 0 Å². The van der Waals surface area contributed by atoms with E-state index in [4.69, 9.17) is 4.98 Å². The summed E-state index contributed by atoms with van der Waals surface area (Å²) in [6, 6.07) is 6.74. The summed E-state index contributed by atoms with van der Waals surface area (Å²) >= 11 is 1.70. The highest BCUT2D eigenvalue weighted by Crippen LogP contribution is 2.58. The summed E-state index contributed by atoms with van der Waals surface area (Å²) in [6.07, 6.45) is 9.21.